The van der Waals surface area contributed by atoms with Crippen molar-refractivity contribution in [1.82, 2.24) is 10.2 Å². The maximum Gasteiger partial charge on any atom is 0.144 e. The number of ether oxygens (including phenoxy) is 2. The number of hydrogen-bond donors (Lipinski definition) is 2. The van der Waals surface area contributed by atoms with Crippen LogP contribution in [0.2, 0.25) is 0 Å². The smallest absolute Gasteiger partial charge is 0.144 e. The van der Waals surface area contributed by atoms with E-state index in [1.807, 2.05) is 18.2 Å². The number of likely N-dealkylation sites (tertiary alicyclic amines) is 1. The Morgan fingerprint density at radius 1 is 1.04 bits per heavy atom. The van der Waals surface area contributed by atoms with Crippen molar-refractivity contribution < 1.29 is 9.47 Å². The Balaban J connectivity index is 1.24. The zero-order chi connectivity index (χ0) is 17.3. The van der Waals surface area contributed by atoms with Gasteiger partial charge in [-0.2, -0.15) is 0 Å². The molecule has 2 aliphatic heterocycles. The van der Waals surface area contributed by atoms with Gasteiger partial charge < -0.3 is 30.3 Å². The monoisotopic (exact) mass is 348 g/mol. The van der Waals surface area contributed by atoms with Crippen LogP contribution in [0.5, 0.6) is 5.75 Å². The molecule has 0 radical (unpaired) electrons. The molecule has 6 nitrogen and oxygen atoms in total. The van der Waals surface area contributed by atoms with Gasteiger partial charge in [-0.1, -0.05) is 6.42 Å². The zero-order valence-electron chi connectivity index (χ0n) is 15.2. The third-order valence-electron chi connectivity index (χ3n) is 4.93. The number of hydrogen-bond acceptors (Lipinski definition) is 6. The number of anilines is 2. The van der Waals surface area contributed by atoms with E-state index in [1.165, 1.54) is 32.4 Å². The van der Waals surface area contributed by atoms with Gasteiger partial charge in [-0.05, 0) is 38.1 Å². The lowest BCUT2D eigenvalue weighted by molar-refractivity contribution is 0.0981. The highest BCUT2D eigenvalue weighted by Gasteiger charge is 2.17. The number of rotatable bonds is 9. The molecule has 0 unspecified atom stereocenters. The molecule has 0 spiro atoms. The van der Waals surface area contributed by atoms with Gasteiger partial charge in [0.2, 0.25) is 0 Å². The molecular formula is C19H32N4O2. The quantitative estimate of drug-likeness (QED) is 0.522. The molecule has 1 saturated heterocycles. The van der Waals surface area contributed by atoms with Gasteiger partial charge in [0.25, 0.3) is 0 Å². The van der Waals surface area contributed by atoms with Gasteiger partial charge in [-0.15, -0.1) is 0 Å². The topological polar surface area (TPSA) is 63.0 Å². The minimum absolute atomic E-state index is 0.718. The Labute approximate surface area is 151 Å². The van der Waals surface area contributed by atoms with E-state index in [4.69, 9.17) is 15.2 Å². The number of benzene rings is 1. The molecule has 3 N–H and O–H groups in total. The van der Waals surface area contributed by atoms with Crippen LogP contribution in [0.3, 0.4) is 0 Å². The van der Waals surface area contributed by atoms with Crippen LogP contribution in [-0.4, -0.2) is 70.5 Å². The molecule has 3 rings (SSSR count). The van der Waals surface area contributed by atoms with E-state index in [0.717, 1.165) is 69.7 Å². The molecule has 0 bridgehead atoms. The van der Waals surface area contributed by atoms with E-state index in [1.54, 1.807) is 0 Å². The number of nitrogens with two attached hydrogens (primary N) is 1. The summed E-state index contributed by atoms with van der Waals surface area (Å²) in [6.45, 7) is 9.65. The molecule has 6 heteroatoms. The van der Waals surface area contributed by atoms with Crippen molar-refractivity contribution >= 4 is 11.4 Å². The number of fused-ring (bicyclic) bond motifs is 1. The van der Waals surface area contributed by atoms with Crippen LogP contribution in [-0.2, 0) is 4.74 Å². The van der Waals surface area contributed by atoms with Crippen molar-refractivity contribution in [3.63, 3.8) is 0 Å². The van der Waals surface area contributed by atoms with Crippen LogP contribution in [0.25, 0.3) is 0 Å². The maximum absolute atomic E-state index is 5.83. The van der Waals surface area contributed by atoms with Crippen molar-refractivity contribution in [1.29, 1.82) is 0 Å². The Morgan fingerprint density at radius 2 is 1.92 bits per heavy atom. The highest BCUT2D eigenvalue weighted by atomic mass is 16.5. The summed E-state index contributed by atoms with van der Waals surface area (Å²) in [6.07, 6.45) is 4.08. The van der Waals surface area contributed by atoms with Gasteiger partial charge in [0.15, 0.2) is 0 Å². The first-order valence-corrected chi connectivity index (χ1v) is 9.61. The first-order valence-electron chi connectivity index (χ1n) is 9.61. The summed E-state index contributed by atoms with van der Waals surface area (Å²) in [5, 5.41) is 3.47. The predicted octanol–water partition coefficient (Wildman–Crippen LogP) is 1.56. The van der Waals surface area contributed by atoms with E-state index in [2.05, 4.69) is 15.1 Å². The molecule has 0 saturated carbocycles. The van der Waals surface area contributed by atoms with Crippen LogP contribution in [0.15, 0.2) is 18.2 Å². The molecule has 140 valence electrons. The minimum Gasteiger partial charge on any atom is -0.489 e. The highest BCUT2D eigenvalue weighted by Crippen LogP contribution is 2.32. The molecule has 0 aliphatic carbocycles. The lowest BCUT2D eigenvalue weighted by Gasteiger charge is -2.31. The van der Waals surface area contributed by atoms with Crippen LogP contribution in [0, 0.1) is 0 Å². The lowest BCUT2D eigenvalue weighted by Crippen LogP contribution is -2.38. The molecule has 2 heterocycles. The lowest BCUT2D eigenvalue weighted by atomic mass is 10.1. The zero-order valence-corrected chi connectivity index (χ0v) is 15.2. The number of piperidine rings is 1. The van der Waals surface area contributed by atoms with Crippen molar-refractivity contribution in [2.24, 2.45) is 0 Å². The largest absolute Gasteiger partial charge is 0.489 e. The summed E-state index contributed by atoms with van der Waals surface area (Å²) in [4.78, 5) is 4.86. The average Bonchev–Trinajstić information content (AvgIpc) is 2.64. The second kappa shape index (κ2) is 9.85. The fraction of sp³-hybridized carbons (Fsp3) is 0.684. The fourth-order valence-electron chi connectivity index (χ4n) is 3.49. The van der Waals surface area contributed by atoms with E-state index < -0.39 is 0 Å². The summed E-state index contributed by atoms with van der Waals surface area (Å²) in [7, 11) is 0. The Bertz CT molecular complexity index is 520. The molecule has 1 aromatic carbocycles. The first-order chi connectivity index (χ1) is 12.3. The van der Waals surface area contributed by atoms with Crippen molar-refractivity contribution in [3.8, 4) is 5.75 Å². The van der Waals surface area contributed by atoms with Crippen LogP contribution in [0.1, 0.15) is 19.3 Å². The van der Waals surface area contributed by atoms with Crippen molar-refractivity contribution in [3.05, 3.63) is 18.2 Å². The molecule has 0 atom stereocenters. The fourth-order valence-corrected chi connectivity index (χ4v) is 3.49. The van der Waals surface area contributed by atoms with Crippen LogP contribution >= 0.6 is 0 Å². The predicted molar refractivity (Wildman–Crippen MR) is 103 cm³/mol. The van der Waals surface area contributed by atoms with Gasteiger partial charge in [-0.25, -0.2) is 0 Å². The Hall–Kier alpha value is -1.50. The Morgan fingerprint density at radius 3 is 2.80 bits per heavy atom. The van der Waals surface area contributed by atoms with E-state index in [-0.39, 0.29) is 0 Å². The summed E-state index contributed by atoms with van der Waals surface area (Å²) < 4.78 is 11.4. The minimum atomic E-state index is 0.718. The van der Waals surface area contributed by atoms with E-state index >= 15 is 0 Å². The number of nitrogens with one attached hydrogen (secondary N) is 1. The summed E-state index contributed by atoms with van der Waals surface area (Å²) >= 11 is 0. The van der Waals surface area contributed by atoms with Gasteiger partial charge in [0, 0.05) is 37.9 Å². The SMILES string of the molecule is Nc1ccc2c(c1)OCCN2CCNCCOCCN1CCCCC1. The first kappa shape index (κ1) is 18.3. The third-order valence-corrected chi connectivity index (χ3v) is 4.93. The van der Waals surface area contributed by atoms with Gasteiger partial charge in [0.05, 0.1) is 25.4 Å². The van der Waals surface area contributed by atoms with Gasteiger partial charge in [0.1, 0.15) is 12.4 Å². The summed E-state index contributed by atoms with van der Waals surface area (Å²) in [5.74, 6) is 0.896. The number of nitrogen functional groups attached to an aromatic ring is 1. The molecular weight excluding hydrogens is 316 g/mol. The molecule has 0 aromatic heterocycles. The van der Waals surface area contributed by atoms with Gasteiger partial charge >= 0.3 is 0 Å². The van der Waals surface area contributed by atoms with E-state index in [0.29, 0.717) is 0 Å². The molecule has 25 heavy (non-hydrogen) atoms. The second-order valence-corrected chi connectivity index (χ2v) is 6.83. The van der Waals surface area contributed by atoms with Crippen molar-refractivity contribution in [2.75, 3.05) is 76.3 Å². The van der Waals surface area contributed by atoms with Crippen LogP contribution in [0.4, 0.5) is 11.4 Å². The molecule has 0 amide bonds. The second-order valence-electron chi connectivity index (χ2n) is 6.83. The van der Waals surface area contributed by atoms with Crippen LogP contribution < -0.4 is 20.7 Å². The third kappa shape index (κ3) is 5.76. The Kier molecular flexibility index (Phi) is 7.21. The molecule has 1 fully saturated rings. The average molecular weight is 348 g/mol. The standard InChI is InChI=1S/C19H32N4O2/c20-17-4-5-18-19(16-17)25-15-12-23(18)10-6-21-7-13-24-14-11-22-8-2-1-3-9-22/h4-5,16,21H,1-3,6-15,20H2. The highest BCUT2D eigenvalue weighted by molar-refractivity contribution is 5.65. The van der Waals surface area contributed by atoms with Crippen molar-refractivity contribution in [2.45, 2.75) is 19.3 Å². The summed E-state index contributed by atoms with van der Waals surface area (Å²) in [5.41, 5.74) is 7.72. The number of nitrogens with zero attached hydrogens (tertiary/aromatic N) is 2. The van der Waals surface area contributed by atoms with Gasteiger partial charge in [-0.3, -0.25) is 0 Å². The molecule has 2 aliphatic rings. The summed E-state index contributed by atoms with van der Waals surface area (Å²) in [6, 6.07) is 5.89. The normalized spacial score (nSPS) is 18.0. The maximum atomic E-state index is 5.83. The molecule has 1 aromatic rings. The van der Waals surface area contributed by atoms with E-state index in [9.17, 15) is 0 Å².